The molecule has 2 heterocycles. The highest BCUT2D eigenvalue weighted by molar-refractivity contribution is 6.30. The minimum atomic E-state index is -0.520. The van der Waals surface area contributed by atoms with Gasteiger partial charge in [-0.15, -0.1) is 0 Å². The molecule has 4 saturated carbocycles. The van der Waals surface area contributed by atoms with E-state index in [1.54, 1.807) is 16.9 Å². The van der Waals surface area contributed by atoms with Gasteiger partial charge in [0.2, 0.25) is 0 Å². The van der Waals surface area contributed by atoms with E-state index in [4.69, 9.17) is 11.6 Å². The van der Waals surface area contributed by atoms with Gasteiger partial charge in [0.1, 0.15) is 10.7 Å². The fraction of sp³-hybridized carbons (Fsp3) is 0.759. The van der Waals surface area contributed by atoms with Crippen molar-refractivity contribution in [3.05, 3.63) is 23.6 Å². The molecular weight excluding hydrogens is 458 g/mol. The van der Waals surface area contributed by atoms with E-state index in [2.05, 4.69) is 30.9 Å². The maximum Gasteiger partial charge on any atom is 0.157 e. The van der Waals surface area contributed by atoms with E-state index in [1.165, 1.54) is 25.7 Å². The van der Waals surface area contributed by atoms with Gasteiger partial charge in [0, 0.05) is 17.5 Å². The molecule has 6 heteroatoms. The molecule has 1 N–H and O–H groups in total. The molecule has 4 aliphatic rings. The van der Waals surface area contributed by atoms with Gasteiger partial charge in [-0.05, 0) is 105 Å². The number of nitrogens with zero attached hydrogens (tertiary/aromatic N) is 3. The number of hydrogen-bond acceptors (Lipinski definition) is 4. The summed E-state index contributed by atoms with van der Waals surface area (Å²) in [4.78, 5) is 17.8. The van der Waals surface area contributed by atoms with Gasteiger partial charge < -0.3 is 5.11 Å². The van der Waals surface area contributed by atoms with Crippen LogP contribution in [0.1, 0.15) is 85.5 Å². The summed E-state index contributed by atoms with van der Waals surface area (Å²) < 4.78 is 1.79. The standard InChI is InChI=1S/C29H40ClN3O2/c1-26-9-7-19-20-5-6-22(24(34)16-33-15-18-13-25(30)31-14-23(18)32-33)28(20,3)10-8-21(19)29(26,4)12-11-27(2,35)17-26/h13-15,19-22,35H,5-12,16-17H2,1-4H3/t19-,20-,21-,22+,26+,27+,28-,29+/m0/s1. The van der Waals surface area contributed by atoms with Crippen molar-refractivity contribution in [3.63, 3.8) is 0 Å². The average molecular weight is 498 g/mol. The van der Waals surface area contributed by atoms with E-state index >= 15 is 0 Å². The second kappa shape index (κ2) is 7.77. The first-order valence-corrected chi connectivity index (χ1v) is 14.1. The summed E-state index contributed by atoms with van der Waals surface area (Å²) in [5, 5.41) is 16.9. The van der Waals surface area contributed by atoms with Crippen molar-refractivity contribution in [3.8, 4) is 0 Å². The highest BCUT2D eigenvalue weighted by atomic mass is 35.5. The lowest BCUT2D eigenvalue weighted by Gasteiger charge is -2.66. The maximum absolute atomic E-state index is 13.7. The molecule has 0 bridgehead atoms. The Morgan fingerprint density at radius 2 is 1.89 bits per heavy atom. The molecule has 4 fully saturated rings. The van der Waals surface area contributed by atoms with Crippen LogP contribution in [0.4, 0.5) is 0 Å². The molecule has 8 atom stereocenters. The van der Waals surface area contributed by atoms with Crippen LogP contribution < -0.4 is 0 Å². The Balaban J connectivity index is 1.22. The first kappa shape index (κ1) is 23.9. The van der Waals surface area contributed by atoms with Crippen LogP contribution in [0.15, 0.2) is 18.5 Å². The third-order valence-corrected chi connectivity index (χ3v) is 11.9. The van der Waals surface area contributed by atoms with Crippen LogP contribution in [0.2, 0.25) is 5.15 Å². The summed E-state index contributed by atoms with van der Waals surface area (Å²) in [7, 11) is 0. The third-order valence-electron chi connectivity index (χ3n) is 11.7. The van der Waals surface area contributed by atoms with Crippen molar-refractivity contribution in [2.24, 2.45) is 39.9 Å². The van der Waals surface area contributed by atoms with Crippen molar-refractivity contribution < 1.29 is 9.90 Å². The molecule has 190 valence electrons. The number of pyridine rings is 1. The van der Waals surface area contributed by atoms with Gasteiger partial charge >= 0.3 is 0 Å². The Bertz CT molecular complexity index is 1180. The molecule has 0 aromatic carbocycles. The molecule has 0 radical (unpaired) electrons. The number of aliphatic hydroxyl groups is 1. The van der Waals surface area contributed by atoms with Gasteiger partial charge in [-0.3, -0.25) is 9.48 Å². The Kier molecular flexibility index (Phi) is 5.31. The largest absolute Gasteiger partial charge is 0.390 e. The zero-order valence-electron chi connectivity index (χ0n) is 21.7. The smallest absolute Gasteiger partial charge is 0.157 e. The number of aromatic nitrogens is 3. The quantitative estimate of drug-likeness (QED) is 0.494. The van der Waals surface area contributed by atoms with E-state index < -0.39 is 5.60 Å². The summed E-state index contributed by atoms with van der Waals surface area (Å²) in [5.41, 5.74) is 0.875. The predicted molar refractivity (Wildman–Crippen MR) is 138 cm³/mol. The highest BCUT2D eigenvalue weighted by Crippen LogP contribution is 2.71. The molecule has 0 spiro atoms. The maximum atomic E-state index is 13.7. The van der Waals surface area contributed by atoms with E-state index in [0.29, 0.717) is 34.7 Å². The van der Waals surface area contributed by atoms with Gasteiger partial charge in [0.15, 0.2) is 5.78 Å². The number of carbonyl (C=O) groups is 1. The number of fused-ring (bicyclic) bond motifs is 6. The molecule has 4 aliphatic carbocycles. The van der Waals surface area contributed by atoms with Crippen molar-refractivity contribution in [2.45, 2.75) is 97.6 Å². The van der Waals surface area contributed by atoms with Gasteiger partial charge in [0.05, 0.1) is 18.3 Å². The van der Waals surface area contributed by atoms with E-state index in [9.17, 15) is 9.90 Å². The Labute approximate surface area is 214 Å². The van der Waals surface area contributed by atoms with E-state index in [-0.39, 0.29) is 16.7 Å². The highest BCUT2D eigenvalue weighted by Gasteiger charge is 2.64. The zero-order chi connectivity index (χ0) is 24.8. The molecule has 35 heavy (non-hydrogen) atoms. The van der Waals surface area contributed by atoms with E-state index in [1.807, 2.05) is 13.1 Å². The molecule has 0 amide bonds. The van der Waals surface area contributed by atoms with Crippen molar-refractivity contribution >= 4 is 28.3 Å². The van der Waals surface area contributed by atoms with Crippen LogP contribution in [-0.4, -0.2) is 31.3 Å². The van der Waals surface area contributed by atoms with Crippen LogP contribution in [0.25, 0.3) is 10.9 Å². The number of hydrogen-bond donors (Lipinski definition) is 1. The number of halogens is 1. The van der Waals surface area contributed by atoms with Crippen LogP contribution in [0.3, 0.4) is 0 Å². The summed E-state index contributed by atoms with van der Waals surface area (Å²) in [6.45, 7) is 9.81. The van der Waals surface area contributed by atoms with Crippen LogP contribution >= 0.6 is 11.6 Å². The monoisotopic (exact) mass is 497 g/mol. The Morgan fingerprint density at radius 3 is 2.69 bits per heavy atom. The van der Waals surface area contributed by atoms with Crippen molar-refractivity contribution in [1.82, 2.24) is 14.8 Å². The number of ketones is 1. The lowest BCUT2D eigenvalue weighted by molar-refractivity contribution is -0.189. The fourth-order valence-electron chi connectivity index (χ4n) is 9.77. The topological polar surface area (TPSA) is 68.0 Å². The van der Waals surface area contributed by atoms with Crippen LogP contribution in [-0.2, 0) is 11.3 Å². The lowest BCUT2D eigenvalue weighted by atomic mass is 9.39. The average Bonchev–Trinajstić information content (AvgIpc) is 3.33. The first-order chi connectivity index (χ1) is 16.4. The van der Waals surface area contributed by atoms with Gasteiger partial charge in [-0.25, -0.2) is 4.98 Å². The van der Waals surface area contributed by atoms with Crippen molar-refractivity contribution in [1.29, 1.82) is 0 Å². The SMILES string of the molecule is C[C@@]1(O)CC[C@]2(C)[C@H]3CC[C@]4(C)[C@@H](C(=O)Cn5cc6cc(Cl)ncc6n5)CC[C@H]4[C@@H]3CC[C@]2(C)C1. The second-order valence-corrected chi connectivity index (χ2v) is 14.0. The molecule has 5 nitrogen and oxygen atoms in total. The molecule has 2 aromatic heterocycles. The van der Waals surface area contributed by atoms with Gasteiger partial charge in [0.25, 0.3) is 0 Å². The van der Waals surface area contributed by atoms with Crippen LogP contribution in [0, 0.1) is 39.9 Å². The first-order valence-electron chi connectivity index (χ1n) is 13.7. The summed E-state index contributed by atoms with van der Waals surface area (Å²) in [6.07, 6.45) is 13.6. The van der Waals surface area contributed by atoms with E-state index in [0.717, 1.165) is 48.9 Å². The molecular formula is C29H40ClN3O2. The van der Waals surface area contributed by atoms with Gasteiger partial charge in [-0.2, -0.15) is 5.10 Å². The normalized spacial score (nSPS) is 45.1. The van der Waals surface area contributed by atoms with Crippen molar-refractivity contribution in [2.75, 3.05) is 0 Å². The third kappa shape index (κ3) is 3.54. The summed E-state index contributed by atoms with van der Waals surface area (Å²) >= 11 is 6.04. The molecule has 2 aromatic rings. The summed E-state index contributed by atoms with van der Waals surface area (Å²) in [5.74, 6) is 2.53. The molecule has 0 saturated heterocycles. The second-order valence-electron chi connectivity index (χ2n) is 13.6. The summed E-state index contributed by atoms with van der Waals surface area (Å²) in [6, 6.07) is 1.81. The van der Waals surface area contributed by atoms with Gasteiger partial charge in [-0.1, -0.05) is 32.4 Å². The number of carbonyl (C=O) groups excluding carboxylic acids is 1. The Morgan fingerprint density at radius 1 is 1.09 bits per heavy atom. The van der Waals surface area contributed by atoms with Crippen LogP contribution in [0.5, 0.6) is 0 Å². The Hall–Kier alpha value is -1.46. The predicted octanol–water partition coefficient (Wildman–Crippen LogP) is 6.45. The number of Topliss-reactive ketones (excluding diaryl/α,β-unsaturated/α-hetero) is 1. The fourth-order valence-corrected chi connectivity index (χ4v) is 9.93. The molecule has 6 rings (SSSR count). The zero-order valence-corrected chi connectivity index (χ0v) is 22.4. The minimum Gasteiger partial charge on any atom is -0.390 e. The number of rotatable bonds is 3. The lowest BCUT2D eigenvalue weighted by Crippen LogP contribution is -2.60. The molecule has 0 aliphatic heterocycles. The molecule has 0 unspecified atom stereocenters. The minimum absolute atomic E-state index is 0.0972.